The maximum atomic E-state index is 10.4. The highest BCUT2D eigenvalue weighted by Gasteiger charge is 2.11. The van der Waals surface area contributed by atoms with Crippen LogP contribution in [0.1, 0.15) is 5.56 Å². The molecule has 0 saturated carbocycles. The molecule has 0 amide bonds. The molecule has 0 heterocycles. The van der Waals surface area contributed by atoms with E-state index in [4.69, 9.17) is 0 Å². The van der Waals surface area contributed by atoms with Crippen LogP contribution in [-0.4, -0.2) is 4.92 Å². The van der Waals surface area contributed by atoms with E-state index in [-0.39, 0.29) is 5.69 Å². The molecule has 1 aromatic rings. The molecule has 1 rings (SSSR count). The number of hydrogen-bond donors (Lipinski definition) is 1. The van der Waals surface area contributed by atoms with Gasteiger partial charge in [-0.3, -0.25) is 10.1 Å². The Morgan fingerprint density at radius 2 is 2.17 bits per heavy atom. The lowest BCUT2D eigenvalue weighted by Gasteiger charge is -1.99. The van der Waals surface area contributed by atoms with E-state index in [1.165, 1.54) is 6.07 Å². The summed E-state index contributed by atoms with van der Waals surface area (Å²) in [6.45, 7) is 1.69. The molecule has 5 heteroatoms. The summed E-state index contributed by atoms with van der Waals surface area (Å²) in [5, 5.41) is 10.4. The van der Waals surface area contributed by atoms with E-state index >= 15 is 0 Å². The first kappa shape index (κ1) is 9.54. The largest absolute Gasteiger partial charge is 0.273 e. The van der Waals surface area contributed by atoms with E-state index in [1.807, 2.05) is 0 Å². The molecule has 0 saturated heterocycles. The zero-order valence-corrected chi connectivity index (χ0v) is 8.72. The summed E-state index contributed by atoms with van der Waals surface area (Å²) in [7, 11) is 0. The molecule has 12 heavy (non-hydrogen) atoms. The molecule has 64 valence electrons. The van der Waals surface area contributed by atoms with Gasteiger partial charge in [0.1, 0.15) is 0 Å². The highest BCUT2D eigenvalue weighted by Crippen LogP contribution is 2.28. The van der Waals surface area contributed by atoms with Crippen LogP contribution in [0.25, 0.3) is 0 Å². The van der Waals surface area contributed by atoms with Gasteiger partial charge < -0.3 is 0 Å². The number of benzene rings is 1. The van der Waals surface area contributed by atoms with Gasteiger partial charge >= 0.3 is 0 Å². The number of nitro groups is 1. The highest BCUT2D eigenvalue weighted by molar-refractivity contribution is 9.10. The second-order valence-electron chi connectivity index (χ2n) is 2.35. The molecule has 0 aliphatic heterocycles. The maximum absolute atomic E-state index is 10.4. The predicted molar refractivity (Wildman–Crippen MR) is 52.8 cm³/mol. The van der Waals surface area contributed by atoms with Crippen LogP contribution in [-0.2, 0) is 0 Å². The lowest BCUT2D eigenvalue weighted by molar-refractivity contribution is -0.385. The number of thiol groups is 1. The zero-order chi connectivity index (χ0) is 9.30. The van der Waals surface area contributed by atoms with Gasteiger partial charge in [0.15, 0.2) is 0 Å². The van der Waals surface area contributed by atoms with Crippen LogP contribution in [0.5, 0.6) is 0 Å². The van der Waals surface area contributed by atoms with Crippen molar-refractivity contribution in [2.45, 2.75) is 11.8 Å². The Morgan fingerprint density at radius 1 is 1.58 bits per heavy atom. The molecule has 0 aromatic heterocycles. The minimum atomic E-state index is -0.415. The normalized spacial score (nSPS) is 9.92. The molecule has 1 aromatic carbocycles. The van der Waals surface area contributed by atoms with Gasteiger partial charge in [0, 0.05) is 21.0 Å². The molecule has 3 nitrogen and oxygen atoms in total. The third-order valence-corrected chi connectivity index (χ3v) is 2.79. The van der Waals surface area contributed by atoms with Crippen molar-refractivity contribution in [1.29, 1.82) is 0 Å². The van der Waals surface area contributed by atoms with Crippen molar-refractivity contribution in [2.24, 2.45) is 0 Å². The van der Waals surface area contributed by atoms with Crippen molar-refractivity contribution >= 4 is 34.2 Å². The topological polar surface area (TPSA) is 43.1 Å². The van der Waals surface area contributed by atoms with Crippen LogP contribution >= 0.6 is 28.6 Å². The molecular weight excluding hydrogens is 242 g/mol. The van der Waals surface area contributed by atoms with E-state index in [2.05, 4.69) is 28.6 Å². The average molecular weight is 248 g/mol. The van der Waals surface area contributed by atoms with Crippen LogP contribution in [0.4, 0.5) is 5.69 Å². The van der Waals surface area contributed by atoms with Crippen LogP contribution < -0.4 is 0 Å². The van der Waals surface area contributed by atoms with Crippen molar-refractivity contribution in [3.63, 3.8) is 0 Å². The van der Waals surface area contributed by atoms with E-state index < -0.39 is 4.92 Å². The predicted octanol–water partition coefficient (Wildman–Crippen LogP) is 2.95. The molecular formula is C7H6BrNO2S. The molecule has 0 aliphatic carbocycles. The number of nitro benzene ring substituents is 1. The summed E-state index contributed by atoms with van der Waals surface area (Å²) in [4.78, 5) is 10.6. The molecule has 0 radical (unpaired) electrons. The Kier molecular flexibility index (Phi) is 2.74. The number of rotatable bonds is 1. The van der Waals surface area contributed by atoms with Gasteiger partial charge in [-0.2, -0.15) is 0 Å². The molecule has 0 N–H and O–H groups in total. The molecule has 0 bridgehead atoms. The Labute approximate surface area is 83.5 Å². The van der Waals surface area contributed by atoms with E-state index in [0.717, 1.165) is 4.47 Å². The lowest BCUT2D eigenvalue weighted by Crippen LogP contribution is -1.91. The smallest absolute Gasteiger partial charge is 0.258 e. The first-order chi connectivity index (χ1) is 5.52. The quantitative estimate of drug-likeness (QED) is 0.471. The molecule has 0 fully saturated rings. The summed E-state index contributed by atoms with van der Waals surface area (Å²) in [6.07, 6.45) is 0. The monoisotopic (exact) mass is 247 g/mol. The first-order valence-electron chi connectivity index (χ1n) is 3.16. The van der Waals surface area contributed by atoms with Crippen LogP contribution in [0.15, 0.2) is 21.5 Å². The van der Waals surface area contributed by atoms with Gasteiger partial charge in [-0.1, -0.05) is 0 Å². The maximum Gasteiger partial charge on any atom is 0.273 e. The molecule has 0 aliphatic rings. The molecule has 0 spiro atoms. The molecule has 0 unspecified atom stereocenters. The second kappa shape index (κ2) is 3.45. The van der Waals surface area contributed by atoms with Crippen molar-refractivity contribution in [3.8, 4) is 0 Å². The summed E-state index contributed by atoms with van der Waals surface area (Å²) in [5.41, 5.74) is 0.730. The van der Waals surface area contributed by atoms with Gasteiger partial charge in [-0.25, -0.2) is 0 Å². The van der Waals surface area contributed by atoms with Gasteiger partial charge in [0.05, 0.1) is 4.92 Å². The SMILES string of the molecule is Cc1cc(Br)c(S)cc1[N+](=O)[O-]. The van der Waals surface area contributed by atoms with Crippen molar-refractivity contribution in [2.75, 3.05) is 0 Å². The fraction of sp³-hybridized carbons (Fsp3) is 0.143. The third-order valence-electron chi connectivity index (χ3n) is 1.46. The Hall–Kier alpha value is -0.550. The Morgan fingerprint density at radius 3 is 2.67 bits per heavy atom. The van der Waals surface area contributed by atoms with Crippen molar-refractivity contribution < 1.29 is 4.92 Å². The van der Waals surface area contributed by atoms with E-state index in [9.17, 15) is 10.1 Å². The van der Waals surface area contributed by atoms with Gasteiger partial charge in [0.2, 0.25) is 0 Å². The fourth-order valence-electron chi connectivity index (χ4n) is 0.847. The van der Waals surface area contributed by atoms with E-state index in [0.29, 0.717) is 10.5 Å². The summed E-state index contributed by atoms with van der Waals surface area (Å²) in [5.74, 6) is 0. The minimum Gasteiger partial charge on any atom is -0.258 e. The molecule has 0 atom stereocenters. The number of hydrogen-bond acceptors (Lipinski definition) is 3. The number of aryl methyl sites for hydroxylation is 1. The van der Waals surface area contributed by atoms with Gasteiger partial charge in [0.25, 0.3) is 5.69 Å². The van der Waals surface area contributed by atoms with Crippen molar-refractivity contribution in [1.82, 2.24) is 0 Å². The minimum absolute atomic E-state index is 0.100. The third kappa shape index (κ3) is 1.78. The first-order valence-corrected chi connectivity index (χ1v) is 4.40. The Balaban J connectivity index is 3.33. The highest BCUT2D eigenvalue weighted by atomic mass is 79.9. The number of nitrogens with zero attached hydrogens (tertiary/aromatic N) is 1. The standard InChI is InChI=1S/C7H6BrNO2S/c1-4-2-5(8)7(12)3-6(4)9(10)11/h2-3,12H,1H3. The van der Waals surface area contributed by atoms with Crippen LogP contribution in [0, 0.1) is 17.0 Å². The van der Waals surface area contributed by atoms with Crippen LogP contribution in [0.3, 0.4) is 0 Å². The van der Waals surface area contributed by atoms with Crippen LogP contribution in [0.2, 0.25) is 0 Å². The summed E-state index contributed by atoms with van der Waals surface area (Å²) >= 11 is 7.29. The zero-order valence-electron chi connectivity index (χ0n) is 6.24. The Bertz CT molecular complexity index is 340. The summed E-state index contributed by atoms with van der Waals surface area (Å²) < 4.78 is 0.772. The lowest BCUT2D eigenvalue weighted by atomic mass is 10.2. The van der Waals surface area contributed by atoms with E-state index in [1.54, 1.807) is 13.0 Å². The van der Waals surface area contributed by atoms with Gasteiger partial charge in [-0.05, 0) is 28.9 Å². The number of halogens is 1. The summed E-state index contributed by atoms with van der Waals surface area (Å²) in [6, 6.07) is 3.11. The van der Waals surface area contributed by atoms with Crippen molar-refractivity contribution in [3.05, 3.63) is 32.3 Å². The van der Waals surface area contributed by atoms with Gasteiger partial charge in [-0.15, -0.1) is 12.6 Å². The average Bonchev–Trinajstić information content (AvgIpc) is 1.96. The second-order valence-corrected chi connectivity index (χ2v) is 3.68. The fourth-order valence-corrected chi connectivity index (χ4v) is 1.49.